The Morgan fingerprint density at radius 1 is 1.00 bits per heavy atom. The highest BCUT2D eigenvalue weighted by atomic mass is 32.2. The first-order valence-corrected chi connectivity index (χ1v) is 11.4. The number of amides is 1. The number of nitrogens with one attached hydrogen (secondary N) is 1. The van der Waals surface area contributed by atoms with Crippen molar-refractivity contribution in [3.8, 4) is 0 Å². The smallest absolute Gasteiger partial charge is 0.243 e. The van der Waals surface area contributed by atoms with E-state index in [0.717, 1.165) is 24.8 Å². The van der Waals surface area contributed by atoms with E-state index in [9.17, 15) is 18.0 Å². The number of Topliss-reactive ketones (excluding diaryl/α,β-unsaturated/α-hetero) is 1. The van der Waals surface area contributed by atoms with Crippen molar-refractivity contribution in [2.75, 3.05) is 18.4 Å². The number of sulfonamides is 1. The van der Waals surface area contributed by atoms with Gasteiger partial charge in [-0.25, -0.2) is 8.42 Å². The molecule has 2 aromatic rings. The van der Waals surface area contributed by atoms with Crippen LogP contribution in [-0.4, -0.2) is 37.5 Å². The first-order valence-electron chi connectivity index (χ1n) is 9.92. The predicted octanol–water partition coefficient (Wildman–Crippen LogP) is 3.64. The Bertz CT molecular complexity index is 978. The van der Waals surface area contributed by atoms with Gasteiger partial charge < -0.3 is 5.32 Å². The van der Waals surface area contributed by atoms with E-state index in [-0.39, 0.29) is 29.4 Å². The Labute approximate surface area is 172 Å². The molecule has 0 unspecified atom stereocenters. The topological polar surface area (TPSA) is 83.5 Å². The Morgan fingerprint density at radius 3 is 2.34 bits per heavy atom. The van der Waals surface area contributed by atoms with Crippen LogP contribution in [0.4, 0.5) is 5.69 Å². The summed E-state index contributed by atoms with van der Waals surface area (Å²) in [7, 11) is -3.54. The summed E-state index contributed by atoms with van der Waals surface area (Å²) in [6.07, 6.45) is 2.78. The monoisotopic (exact) mass is 414 g/mol. The maximum absolute atomic E-state index is 12.7. The predicted molar refractivity (Wildman–Crippen MR) is 112 cm³/mol. The highest BCUT2D eigenvalue weighted by molar-refractivity contribution is 7.89. The molecule has 0 bridgehead atoms. The minimum absolute atomic E-state index is 0.0392. The molecule has 6 nitrogen and oxygen atoms in total. The molecule has 29 heavy (non-hydrogen) atoms. The SMILES string of the molecule is CCc1ccc(C(=O)CCC(=O)Nc2cccc(S(=O)(=O)N3CCCC3)c2)cc1. The molecule has 1 saturated heterocycles. The summed E-state index contributed by atoms with van der Waals surface area (Å²) in [5.41, 5.74) is 2.16. The van der Waals surface area contributed by atoms with E-state index in [2.05, 4.69) is 5.32 Å². The molecule has 1 N–H and O–H groups in total. The Hall–Kier alpha value is -2.51. The number of aryl methyl sites for hydroxylation is 1. The quantitative estimate of drug-likeness (QED) is 0.669. The van der Waals surface area contributed by atoms with Crippen molar-refractivity contribution < 1.29 is 18.0 Å². The Balaban J connectivity index is 1.58. The minimum atomic E-state index is -3.54. The van der Waals surface area contributed by atoms with Gasteiger partial charge in [-0.1, -0.05) is 37.3 Å². The van der Waals surface area contributed by atoms with E-state index in [1.165, 1.54) is 16.4 Å². The van der Waals surface area contributed by atoms with Crippen molar-refractivity contribution >= 4 is 27.4 Å². The largest absolute Gasteiger partial charge is 0.326 e. The molecule has 0 saturated carbocycles. The van der Waals surface area contributed by atoms with E-state index in [4.69, 9.17) is 0 Å². The van der Waals surface area contributed by atoms with Crippen molar-refractivity contribution in [1.82, 2.24) is 4.31 Å². The molecule has 0 spiro atoms. The van der Waals surface area contributed by atoms with Crippen LogP contribution < -0.4 is 5.32 Å². The molecule has 3 rings (SSSR count). The van der Waals surface area contributed by atoms with E-state index >= 15 is 0 Å². The second-order valence-corrected chi connectivity index (χ2v) is 9.10. The zero-order valence-electron chi connectivity index (χ0n) is 16.6. The van der Waals surface area contributed by atoms with Crippen LogP contribution in [-0.2, 0) is 21.2 Å². The van der Waals surface area contributed by atoms with Crippen molar-refractivity contribution in [1.29, 1.82) is 0 Å². The maximum Gasteiger partial charge on any atom is 0.243 e. The fourth-order valence-electron chi connectivity index (χ4n) is 3.33. The average molecular weight is 415 g/mol. The van der Waals surface area contributed by atoms with Crippen molar-refractivity contribution in [3.05, 3.63) is 59.7 Å². The molecule has 1 amide bonds. The molecule has 154 valence electrons. The number of nitrogens with zero attached hydrogens (tertiary/aromatic N) is 1. The number of rotatable bonds is 8. The van der Waals surface area contributed by atoms with Crippen molar-refractivity contribution in [2.24, 2.45) is 0 Å². The highest BCUT2D eigenvalue weighted by Gasteiger charge is 2.27. The fraction of sp³-hybridized carbons (Fsp3) is 0.364. The Morgan fingerprint density at radius 2 is 1.69 bits per heavy atom. The standard InChI is InChI=1S/C22H26N2O4S/c1-2-17-8-10-18(11-9-17)21(25)12-13-22(26)23-19-6-5-7-20(16-19)29(27,28)24-14-3-4-15-24/h5-11,16H,2-4,12-15H2,1H3,(H,23,26). The first-order chi connectivity index (χ1) is 13.9. The number of anilines is 1. The van der Waals surface area contributed by atoms with Gasteiger partial charge in [-0.3, -0.25) is 9.59 Å². The summed E-state index contributed by atoms with van der Waals surface area (Å²) < 4.78 is 26.8. The lowest BCUT2D eigenvalue weighted by Crippen LogP contribution is -2.27. The molecule has 0 radical (unpaired) electrons. The van der Waals surface area contributed by atoms with Crippen LogP contribution in [0, 0.1) is 0 Å². The van der Waals surface area contributed by atoms with E-state index in [0.29, 0.717) is 24.3 Å². The molecule has 1 aliphatic heterocycles. The van der Waals surface area contributed by atoms with Gasteiger partial charge in [0.2, 0.25) is 15.9 Å². The van der Waals surface area contributed by atoms with Gasteiger partial charge in [-0.15, -0.1) is 0 Å². The van der Waals surface area contributed by atoms with Gasteiger partial charge >= 0.3 is 0 Å². The zero-order chi connectivity index (χ0) is 20.9. The van der Waals surface area contributed by atoms with Crippen LogP contribution in [0.1, 0.15) is 48.5 Å². The summed E-state index contributed by atoms with van der Waals surface area (Å²) in [6, 6.07) is 13.7. The zero-order valence-corrected chi connectivity index (χ0v) is 17.4. The molecule has 1 aliphatic rings. The number of ketones is 1. The maximum atomic E-state index is 12.7. The van der Waals surface area contributed by atoms with Crippen LogP contribution in [0.25, 0.3) is 0 Å². The van der Waals surface area contributed by atoms with Gasteiger partial charge in [0.1, 0.15) is 0 Å². The molecular formula is C22H26N2O4S. The highest BCUT2D eigenvalue weighted by Crippen LogP contribution is 2.23. The van der Waals surface area contributed by atoms with E-state index in [1.54, 1.807) is 24.3 Å². The van der Waals surface area contributed by atoms with Crippen LogP contribution in [0.5, 0.6) is 0 Å². The average Bonchev–Trinajstić information content (AvgIpc) is 3.28. The fourth-order valence-corrected chi connectivity index (χ4v) is 4.90. The summed E-state index contributed by atoms with van der Waals surface area (Å²) in [6.45, 7) is 3.10. The van der Waals surface area contributed by atoms with Gasteiger partial charge in [0.15, 0.2) is 5.78 Å². The third-order valence-corrected chi connectivity index (χ3v) is 6.98. The molecular weight excluding hydrogens is 388 g/mol. The molecule has 0 atom stereocenters. The molecule has 0 aromatic heterocycles. The normalized spacial score (nSPS) is 14.7. The van der Waals surface area contributed by atoms with Crippen LogP contribution in [0.2, 0.25) is 0 Å². The molecule has 1 fully saturated rings. The minimum Gasteiger partial charge on any atom is -0.326 e. The summed E-state index contributed by atoms with van der Waals surface area (Å²) in [4.78, 5) is 24.7. The number of hydrogen-bond donors (Lipinski definition) is 1. The summed E-state index contributed by atoms with van der Waals surface area (Å²) in [5, 5.41) is 2.70. The number of carbonyl (C=O) groups is 2. The van der Waals surface area contributed by atoms with E-state index in [1.807, 2.05) is 19.1 Å². The molecule has 2 aromatic carbocycles. The van der Waals surface area contributed by atoms with Gasteiger partial charge in [-0.2, -0.15) is 4.31 Å². The van der Waals surface area contributed by atoms with E-state index < -0.39 is 10.0 Å². The first kappa shape index (κ1) is 21.2. The lowest BCUT2D eigenvalue weighted by atomic mass is 10.0. The van der Waals surface area contributed by atoms with Crippen LogP contribution in [0.15, 0.2) is 53.4 Å². The Kier molecular flexibility index (Phi) is 6.82. The molecule has 7 heteroatoms. The number of carbonyl (C=O) groups excluding carboxylic acids is 2. The van der Waals surface area contributed by atoms with Crippen molar-refractivity contribution in [2.45, 2.75) is 43.9 Å². The second kappa shape index (κ2) is 9.33. The van der Waals surface area contributed by atoms with Gasteiger partial charge in [-0.05, 0) is 43.0 Å². The van der Waals surface area contributed by atoms with Crippen molar-refractivity contribution in [3.63, 3.8) is 0 Å². The van der Waals surface area contributed by atoms with Gasteiger partial charge in [0.25, 0.3) is 0 Å². The second-order valence-electron chi connectivity index (χ2n) is 7.16. The lowest BCUT2D eigenvalue weighted by molar-refractivity contribution is -0.116. The molecule has 0 aliphatic carbocycles. The van der Waals surface area contributed by atoms with Crippen LogP contribution in [0.3, 0.4) is 0 Å². The van der Waals surface area contributed by atoms with Gasteiger partial charge in [0.05, 0.1) is 4.90 Å². The third-order valence-electron chi connectivity index (χ3n) is 5.08. The summed E-state index contributed by atoms with van der Waals surface area (Å²) >= 11 is 0. The molecule has 1 heterocycles. The lowest BCUT2D eigenvalue weighted by Gasteiger charge is -2.16. The number of hydrogen-bond acceptors (Lipinski definition) is 4. The summed E-state index contributed by atoms with van der Waals surface area (Å²) in [5.74, 6) is -0.410. The number of benzene rings is 2. The van der Waals surface area contributed by atoms with Crippen LogP contribution >= 0.6 is 0 Å². The third kappa shape index (κ3) is 5.31. The van der Waals surface area contributed by atoms with Gasteiger partial charge in [0, 0.05) is 37.2 Å².